The largest absolute Gasteiger partial charge is 0.455 e. The Balaban J connectivity index is 0.000000104. The summed E-state index contributed by atoms with van der Waals surface area (Å²) in [7, 11) is 0. The highest BCUT2D eigenvalue weighted by molar-refractivity contribution is 6.23. The summed E-state index contributed by atoms with van der Waals surface area (Å²) < 4.78 is 47.1. The van der Waals surface area contributed by atoms with Crippen molar-refractivity contribution >= 4 is 165 Å². The van der Waals surface area contributed by atoms with Crippen LogP contribution >= 0.6 is 0 Å². The Morgan fingerprint density at radius 1 is 0.128 bits per heavy atom. The van der Waals surface area contributed by atoms with Gasteiger partial charge >= 0.3 is 0 Å². The van der Waals surface area contributed by atoms with Gasteiger partial charge in [0, 0.05) is 115 Å². The van der Waals surface area contributed by atoms with Gasteiger partial charge in [-0.2, -0.15) is 0 Å². The smallest absolute Gasteiger partial charge is 0.161 e. The average molecular weight is 1810 g/mol. The second-order valence-electron chi connectivity index (χ2n) is 36.2. The second kappa shape index (κ2) is 33.0. The Hall–Kier alpha value is -19.0. The molecule has 0 aliphatic heterocycles. The second-order valence-corrected chi connectivity index (χ2v) is 36.2. The van der Waals surface area contributed by atoms with Crippen LogP contribution < -0.4 is 0 Å². The fourth-order valence-corrected chi connectivity index (χ4v) is 21.9. The number of fused-ring (bicyclic) bond motifs is 24. The standard InChI is InChI=1S/3C44H27NO2/c1-3-13-28(14-4-1)33-21-10-23-36-40-32(20-12-26-39(40)46-42(33)36)29-15-9-16-30(27-29)34-22-11-24-37-41-44(47-43(34)37)35-19-7-8-25-38(35)45(41)31-17-5-2-6-18-31;1-3-12-28(13-4-1)29-24-25-40-38(27-29)35-21-10-19-33(42(35)46-40)30-14-9-15-31(26-30)34-20-11-22-37-41-44(47-43(34)37)36-18-7-8-23-39(36)45(41)32-16-5-2-6-17-32;1-3-12-28(13-4-1)33-19-10-21-35-36-22-11-20-34(43(36)47-42(33)35)31-15-9-14-29(26-31)30-24-25-38-40(27-30)46-44-37-18-7-8-23-39(37)45(41(38)44)32-16-5-2-6-17-32/h3*1-27H. The van der Waals surface area contributed by atoms with E-state index in [0.29, 0.717) is 0 Å². The number of hydrogen-bond acceptors (Lipinski definition) is 6. The Kier molecular flexibility index (Phi) is 18.8. The van der Waals surface area contributed by atoms with Crippen LogP contribution in [0.25, 0.3) is 282 Å². The molecule has 0 atom stereocenters. The van der Waals surface area contributed by atoms with Crippen LogP contribution in [0.1, 0.15) is 0 Å². The zero-order chi connectivity index (χ0) is 92.7. The van der Waals surface area contributed by atoms with Gasteiger partial charge in [0.05, 0.1) is 16.6 Å². The van der Waals surface area contributed by atoms with Gasteiger partial charge in [-0.3, -0.25) is 0 Å². The minimum Gasteiger partial charge on any atom is -0.455 e. The summed E-state index contributed by atoms with van der Waals surface area (Å²) in [6.45, 7) is 0. The van der Waals surface area contributed by atoms with Crippen LogP contribution in [0.15, 0.2) is 518 Å². The molecule has 0 saturated carbocycles. The Morgan fingerprint density at radius 2 is 0.404 bits per heavy atom. The van der Waals surface area contributed by atoms with E-state index in [1.807, 2.05) is 18.2 Å². The lowest BCUT2D eigenvalue weighted by Gasteiger charge is -2.09. The first-order chi connectivity index (χ1) is 70.0. The van der Waals surface area contributed by atoms with Crippen LogP contribution in [0, 0.1) is 0 Å². The van der Waals surface area contributed by atoms with Crippen molar-refractivity contribution in [3.63, 3.8) is 0 Å². The minimum absolute atomic E-state index is 0.876. The first-order valence-corrected chi connectivity index (χ1v) is 47.8. The fourth-order valence-electron chi connectivity index (χ4n) is 21.9. The molecule has 0 aliphatic carbocycles. The van der Waals surface area contributed by atoms with Gasteiger partial charge in [-0.1, -0.05) is 358 Å². The molecule has 9 aromatic heterocycles. The Labute approximate surface area is 807 Å². The number of nitrogens with zero attached hydrogens (tertiary/aromatic N) is 3. The third kappa shape index (κ3) is 13.2. The highest BCUT2D eigenvalue weighted by atomic mass is 16.4. The Morgan fingerprint density at radius 3 is 0.872 bits per heavy atom. The summed E-state index contributed by atoms with van der Waals surface area (Å²) in [5.74, 6) is 0. The molecule has 0 bridgehead atoms. The molecule has 30 rings (SSSR count). The predicted molar refractivity (Wildman–Crippen MR) is 582 cm³/mol. The molecule has 0 unspecified atom stereocenters. The maximum atomic E-state index is 6.83. The molecule has 0 spiro atoms. The highest BCUT2D eigenvalue weighted by Crippen LogP contribution is 2.50. The SMILES string of the molecule is c1ccc(-c2ccc3oc4c(-c5cccc(-c6cccc7c6oc6c8ccccc8n(-c8ccccc8)c76)c5)cccc4c3c2)cc1.c1ccc(-c2cccc3c2oc2c(-c4cccc(-c5ccc6c(c5)oc5c7ccccc7n(-c7ccccc7)c65)c4)cccc23)cc1.c1ccc(-c2cccc3c2oc2cccc(-c4cccc(-c5cccc6c5oc5c7ccccc7n(-c7ccccc7)c65)c4)c23)cc1. The van der Waals surface area contributed by atoms with Gasteiger partial charge in [0.2, 0.25) is 0 Å². The normalized spacial score (nSPS) is 11.8. The van der Waals surface area contributed by atoms with E-state index in [4.69, 9.17) is 26.5 Å². The lowest BCUT2D eigenvalue weighted by Crippen LogP contribution is -1.92. The lowest BCUT2D eigenvalue weighted by molar-refractivity contribution is 0.669. The van der Waals surface area contributed by atoms with Gasteiger partial charge in [0.1, 0.15) is 66.8 Å². The molecule has 0 N–H and O–H groups in total. The monoisotopic (exact) mass is 1800 g/mol. The minimum atomic E-state index is 0.876. The molecule has 21 aromatic carbocycles. The van der Waals surface area contributed by atoms with E-state index in [2.05, 4.69) is 487 Å². The van der Waals surface area contributed by atoms with E-state index in [1.54, 1.807) is 0 Å². The maximum Gasteiger partial charge on any atom is 0.161 e. The van der Waals surface area contributed by atoms with E-state index in [-0.39, 0.29) is 0 Å². The summed E-state index contributed by atoms with van der Waals surface area (Å²) in [6.07, 6.45) is 0. The summed E-state index contributed by atoms with van der Waals surface area (Å²) in [5.41, 5.74) is 40.9. The van der Waals surface area contributed by atoms with Gasteiger partial charge in [0.15, 0.2) is 16.7 Å². The number of aromatic nitrogens is 3. The number of benzene rings is 21. The van der Waals surface area contributed by atoms with Gasteiger partial charge in [-0.25, -0.2) is 0 Å². The summed E-state index contributed by atoms with van der Waals surface area (Å²) in [4.78, 5) is 0. The van der Waals surface area contributed by atoms with Crippen molar-refractivity contribution in [3.05, 3.63) is 491 Å². The van der Waals surface area contributed by atoms with Crippen LogP contribution in [0.4, 0.5) is 0 Å². The van der Waals surface area contributed by atoms with Crippen molar-refractivity contribution in [2.24, 2.45) is 0 Å². The van der Waals surface area contributed by atoms with E-state index in [1.165, 1.54) is 11.1 Å². The van der Waals surface area contributed by atoms with E-state index in [9.17, 15) is 0 Å². The van der Waals surface area contributed by atoms with Crippen molar-refractivity contribution in [1.82, 2.24) is 13.7 Å². The number of hydrogen-bond donors (Lipinski definition) is 0. The summed E-state index contributed by atoms with van der Waals surface area (Å²) in [5, 5.41) is 13.3. The molecule has 660 valence electrons. The molecule has 0 saturated heterocycles. The van der Waals surface area contributed by atoms with Crippen LogP contribution in [-0.2, 0) is 0 Å². The Bertz CT molecular complexity index is 10200. The van der Waals surface area contributed by atoms with Gasteiger partial charge in [-0.05, 0) is 200 Å². The molecule has 9 heteroatoms. The zero-order valence-electron chi connectivity index (χ0n) is 76.1. The van der Waals surface area contributed by atoms with Crippen LogP contribution in [-0.4, -0.2) is 13.7 Å². The summed E-state index contributed by atoms with van der Waals surface area (Å²) >= 11 is 0. The molecular formula is C132H81N3O6. The van der Waals surface area contributed by atoms with E-state index >= 15 is 0 Å². The first kappa shape index (κ1) is 80.5. The lowest BCUT2D eigenvalue weighted by atomic mass is 9.94. The van der Waals surface area contributed by atoms with Gasteiger partial charge in [-0.15, -0.1) is 0 Å². The van der Waals surface area contributed by atoms with Crippen LogP contribution in [0.2, 0.25) is 0 Å². The molecule has 9 nitrogen and oxygen atoms in total. The predicted octanol–water partition coefficient (Wildman–Crippen LogP) is 37.3. The fraction of sp³-hybridized carbons (Fsp3) is 0. The van der Waals surface area contributed by atoms with Crippen LogP contribution in [0.5, 0.6) is 0 Å². The third-order valence-electron chi connectivity index (χ3n) is 28.2. The molecule has 0 radical (unpaired) electrons. The number of furan rings is 6. The van der Waals surface area contributed by atoms with Crippen LogP contribution in [0.3, 0.4) is 0 Å². The van der Waals surface area contributed by atoms with Crippen molar-refractivity contribution < 1.29 is 26.5 Å². The average Bonchev–Trinajstić information content (AvgIpc) is 1.59. The van der Waals surface area contributed by atoms with Crippen molar-refractivity contribution in [3.8, 4) is 117 Å². The molecule has 141 heavy (non-hydrogen) atoms. The highest BCUT2D eigenvalue weighted by Gasteiger charge is 2.28. The molecule has 30 aromatic rings. The zero-order valence-corrected chi connectivity index (χ0v) is 76.1. The quantitative estimate of drug-likeness (QED) is 0.121. The van der Waals surface area contributed by atoms with Gasteiger partial charge in [0.25, 0.3) is 0 Å². The third-order valence-corrected chi connectivity index (χ3v) is 28.2. The number of rotatable bonds is 12. The van der Waals surface area contributed by atoms with E-state index < -0.39 is 0 Å². The number of para-hydroxylation sites is 12. The van der Waals surface area contributed by atoms with E-state index in [0.717, 1.165) is 271 Å². The first-order valence-electron chi connectivity index (χ1n) is 47.8. The molecule has 0 aliphatic rings. The molecule has 9 heterocycles. The molecule has 0 amide bonds. The maximum absolute atomic E-state index is 6.83. The van der Waals surface area contributed by atoms with Crippen molar-refractivity contribution in [2.45, 2.75) is 0 Å². The molecular weight excluding hydrogens is 1720 g/mol. The van der Waals surface area contributed by atoms with Crippen molar-refractivity contribution in [1.29, 1.82) is 0 Å². The van der Waals surface area contributed by atoms with Gasteiger partial charge < -0.3 is 40.2 Å². The topological polar surface area (TPSA) is 93.6 Å². The van der Waals surface area contributed by atoms with Crippen molar-refractivity contribution in [2.75, 3.05) is 0 Å². The molecule has 0 fully saturated rings. The summed E-state index contributed by atoms with van der Waals surface area (Å²) in [6, 6.07) is 173.